The van der Waals surface area contributed by atoms with Gasteiger partial charge in [0.1, 0.15) is 23.5 Å². The molecule has 0 atom stereocenters. The minimum absolute atomic E-state index is 0.286. The van der Waals surface area contributed by atoms with Crippen LogP contribution < -0.4 is 14.8 Å². The Morgan fingerprint density at radius 1 is 1.25 bits per heavy atom. The van der Waals surface area contributed by atoms with Gasteiger partial charge in [-0.25, -0.2) is 4.98 Å². The number of carbonyl (C=O) groups excluding carboxylic acids is 1. The van der Waals surface area contributed by atoms with Gasteiger partial charge in [0.05, 0.1) is 23.9 Å². The number of rotatable bonds is 6. The highest BCUT2D eigenvalue weighted by Crippen LogP contribution is 2.30. The maximum absolute atomic E-state index is 12.7. The van der Waals surface area contributed by atoms with Gasteiger partial charge in [-0.3, -0.25) is 10.1 Å². The van der Waals surface area contributed by atoms with Crippen molar-refractivity contribution in [3.63, 3.8) is 0 Å². The van der Waals surface area contributed by atoms with E-state index in [0.717, 1.165) is 16.0 Å². The molecule has 0 aliphatic rings. The quantitative estimate of drug-likeness (QED) is 0.534. The summed E-state index contributed by atoms with van der Waals surface area (Å²) >= 11 is 1.39. The molecule has 0 aliphatic heterocycles. The highest BCUT2D eigenvalue weighted by Gasteiger charge is 2.14. The molecule has 4 aromatic rings. The van der Waals surface area contributed by atoms with Crippen LogP contribution in [0.4, 0.5) is 5.13 Å². The zero-order chi connectivity index (χ0) is 19.5. The first-order chi connectivity index (χ1) is 13.7. The molecule has 0 fully saturated rings. The fourth-order valence-corrected chi connectivity index (χ4v) is 3.55. The molecule has 0 unspecified atom stereocenters. The number of anilines is 1. The number of aromatic nitrogens is 5. The van der Waals surface area contributed by atoms with Gasteiger partial charge in [0.15, 0.2) is 5.13 Å². The number of thiazole rings is 1. The Labute approximate surface area is 163 Å². The number of fused-ring (bicyclic) bond motifs is 1. The third-order valence-electron chi connectivity index (χ3n) is 3.93. The first-order valence-corrected chi connectivity index (χ1v) is 9.25. The molecule has 9 nitrogen and oxygen atoms in total. The number of tetrazole rings is 1. The van der Waals surface area contributed by atoms with Crippen LogP contribution in [0.25, 0.3) is 15.9 Å². The number of nitrogens with zero attached hydrogens (tertiary/aromatic N) is 5. The van der Waals surface area contributed by atoms with Crippen LogP contribution >= 0.6 is 11.3 Å². The topological polar surface area (TPSA) is 104 Å². The van der Waals surface area contributed by atoms with Crippen molar-refractivity contribution in [2.45, 2.75) is 6.92 Å². The third kappa shape index (κ3) is 3.49. The number of hydrogen-bond acceptors (Lipinski definition) is 8. The van der Waals surface area contributed by atoms with E-state index in [0.29, 0.717) is 28.7 Å². The number of ether oxygens (including phenoxy) is 2. The van der Waals surface area contributed by atoms with Crippen molar-refractivity contribution in [2.24, 2.45) is 0 Å². The van der Waals surface area contributed by atoms with E-state index >= 15 is 0 Å². The van der Waals surface area contributed by atoms with Crippen molar-refractivity contribution in [1.29, 1.82) is 0 Å². The predicted molar refractivity (Wildman–Crippen MR) is 104 cm³/mol. The summed E-state index contributed by atoms with van der Waals surface area (Å²) in [5, 5.41) is 14.4. The van der Waals surface area contributed by atoms with E-state index < -0.39 is 0 Å². The summed E-state index contributed by atoms with van der Waals surface area (Å²) < 4.78 is 13.3. The highest BCUT2D eigenvalue weighted by molar-refractivity contribution is 7.22. The van der Waals surface area contributed by atoms with E-state index in [1.54, 1.807) is 18.2 Å². The molecule has 0 aliphatic carbocycles. The second kappa shape index (κ2) is 7.61. The highest BCUT2D eigenvalue weighted by atomic mass is 32.1. The van der Waals surface area contributed by atoms with Crippen LogP contribution in [0.3, 0.4) is 0 Å². The lowest BCUT2D eigenvalue weighted by Crippen LogP contribution is -2.12. The van der Waals surface area contributed by atoms with E-state index in [9.17, 15) is 4.79 Å². The van der Waals surface area contributed by atoms with Crippen LogP contribution in [0.2, 0.25) is 0 Å². The van der Waals surface area contributed by atoms with Gasteiger partial charge < -0.3 is 9.47 Å². The molecule has 0 radical (unpaired) electrons. The van der Waals surface area contributed by atoms with Gasteiger partial charge in [0.25, 0.3) is 5.91 Å². The standard InChI is InChI=1S/C18H16N6O3S/c1-3-27-12-5-6-13-16(9-12)28-18(20-13)21-17(25)11-4-7-14(15(8-11)26-2)24-10-19-22-23-24/h4-10H,3H2,1-2H3,(H,20,21,25). The fraction of sp³-hybridized carbons (Fsp3) is 0.167. The van der Waals surface area contributed by atoms with Crippen LogP contribution in [0.15, 0.2) is 42.7 Å². The number of amides is 1. The minimum Gasteiger partial charge on any atom is -0.494 e. The van der Waals surface area contributed by atoms with E-state index in [1.165, 1.54) is 29.5 Å². The molecule has 1 amide bonds. The number of benzene rings is 2. The SMILES string of the molecule is CCOc1ccc2nc(NC(=O)c3ccc(-n4cnnn4)c(OC)c3)sc2c1. The van der Waals surface area contributed by atoms with Crippen molar-refractivity contribution in [2.75, 3.05) is 19.0 Å². The third-order valence-corrected chi connectivity index (χ3v) is 4.86. The molecule has 2 heterocycles. The zero-order valence-electron chi connectivity index (χ0n) is 15.1. The molecule has 0 spiro atoms. The van der Waals surface area contributed by atoms with Crippen LogP contribution in [-0.2, 0) is 0 Å². The molecule has 0 saturated carbocycles. The van der Waals surface area contributed by atoms with Crippen molar-refractivity contribution in [3.8, 4) is 17.2 Å². The van der Waals surface area contributed by atoms with Crippen molar-refractivity contribution >= 4 is 32.6 Å². The van der Waals surface area contributed by atoms with Crippen LogP contribution in [0, 0.1) is 0 Å². The minimum atomic E-state index is -0.286. The molecule has 4 rings (SSSR count). The zero-order valence-corrected chi connectivity index (χ0v) is 15.9. The van der Waals surface area contributed by atoms with Gasteiger partial charge in [0.2, 0.25) is 0 Å². The van der Waals surface area contributed by atoms with Gasteiger partial charge in [-0.1, -0.05) is 11.3 Å². The molecule has 142 valence electrons. The first-order valence-electron chi connectivity index (χ1n) is 8.44. The first kappa shape index (κ1) is 17.9. The maximum atomic E-state index is 12.7. The summed E-state index contributed by atoms with van der Waals surface area (Å²) in [5.41, 5.74) is 1.87. The molecule has 2 aromatic heterocycles. The van der Waals surface area contributed by atoms with E-state index in [4.69, 9.17) is 9.47 Å². The van der Waals surface area contributed by atoms with Crippen molar-refractivity contribution < 1.29 is 14.3 Å². The van der Waals surface area contributed by atoms with E-state index in [-0.39, 0.29) is 5.91 Å². The fourth-order valence-electron chi connectivity index (χ4n) is 2.66. The molecule has 28 heavy (non-hydrogen) atoms. The normalized spacial score (nSPS) is 10.8. The van der Waals surface area contributed by atoms with Crippen LogP contribution in [0.1, 0.15) is 17.3 Å². The Balaban J connectivity index is 1.57. The molecule has 0 saturated heterocycles. The number of carbonyl (C=O) groups is 1. The number of methoxy groups -OCH3 is 1. The van der Waals surface area contributed by atoms with Gasteiger partial charge in [0, 0.05) is 5.56 Å². The Hall–Kier alpha value is -3.53. The smallest absolute Gasteiger partial charge is 0.257 e. The summed E-state index contributed by atoms with van der Waals surface area (Å²) in [6, 6.07) is 10.7. The second-order valence-electron chi connectivity index (χ2n) is 5.68. The van der Waals surface area contributed by atoms with E-state index in [2.05, 4.69) is 25.8 Å². The molecular weight excluding hydrogens is 380 g/mol. The van der Waals surface area contributed by atoms with Gasteiger partial charge in [-0.05, 0) is 53.7 Å². The molecular formula is C18H16N6O3S. The predicted octanol–water partition coefficient (Wildman–Crippen LogP) is 2.93. The van der Waals surface area contributed by atoms with Crippen LogP contribution in [-0.4, -0.2) is 44.8 Å². The monoisotopic (exact) mass is 396 g/mol. The average molecular weight is 396 g/mol. The summed E-state index contributed by atoms with van der Waals surface area (Å²) in [4.78, 5) is 17.1. The Morgan fingerprint density at radius 2 is 2.14 bits per heavy atom. The largest absolute Gasteiger partial charge is 0.494 e. The van der Waals surface area contributed by atoms with Gasteiger partial charge in [-0.15, -0.1) is 5.10 Å². The molecule has 10 heteroatoms. The molecule has 2 aromatic carbocycles. The van der Waals surface area contributed by atoms with E-state index in [1.807, 2.05) is 25.1 Å². The lowest BCUT2D eigenvalue weighted by atomic mass is 10.1. The number of hydrogen-bond donors (Lipinski definition) is 1. The van der Waals surface area contributed by atoms with Crippen molar-refractivity contribution in [1.82, 2.24) is 25.2 Å². The number of nitrogens with one attached hydrogen (secondary N) is 1. The summed E-state index contributed by atoms with van der Waals surface area (Å²) in [5.74, 6) is 0.968. The summed E-state index contributed by atoms with van der Waals surface area (Å²) in [7, 11) is 1.52. The Morgan fingerprint density at radius 3 is 2.89 bits per heavy atom. The summed E-state index contributed by atoms with van der Waals surface area (Å²) in [6.45, 7) is 2.53. The Kier molecular flexibility index (Phi) is 4.85. The van der Waals surface area contributed by atoms with Gasteiger partial charge in [-0.2, -0.15) is 4.68 Å². The molecule has 0 bridgehead atoms. The lowest BCUT2D eigenvalue weighted by Gasteiger charge is -2.09. The lowest BCUT2D eigenvalue weighted by molar-refractivity contribution is 0.102. The Bertz CT molecular complexity index is 1130. The van der Waals surface area contributed by atoms with Gasteiger partial charge >= 0.3 is 0 Å². The maximum Gasteiger partial charge on any atom is 0.257 e. The molecule has 1 N–H and O–H groups in total. The van der Waals surface area contributed by atoms with Crippen LogP contribution in [0.5, 0.6) is 11.5 Å². The average Bonchev–Trinajstić information content (AvgIpc) is 3.37. The van der Waals surface area contributed by atoms with Crippen molar-refractivity contribution in [3.05, 3.63) is 48.3 Å². The summed E-state index contributed by atoms with van der Waals surface area (Å²) in [6.07, 6.45) is 1.45. The second-order valence-corrected chi connectivity index (χ2v) is 6.71.